The van der Waals surface area contributed by atoms with E-state index in [-0.39, 0.29) is 43.8 Å². The molecule has 1 amide bonds. The van der Waals surface area contributed by atoms with Crippen LogP contribution in [0.2, 0.25) is 25.7 Å². The molecule has 4 rings (SSSR count). The number of anilines is 1. The first kappa shape index (κ1) is 34.9. The summed E-state index contributed by atoms with van der Waals surface area (Å²) >= 11 is 0. The molecule has 1 fully saturated rings. The lowest BCUT2D eigenvalue weighted by atomic mass is 10.2. The first-order valence-corrected chi connectivity index (χ1v) is 18.1. The van der Waals surface area contributed by atoms with E-state index in [1.54, 1.807) is 11.8 Å². The molecule has 18 heteroatoms. The number of rotatable bonds is 11. The molecule has 0 bridgehead atoms. The Bertz CT molecular complexity index is 1590. The molecule has 0 aliphatic carbocycles. The van der Waals surface area contributed by atoms with Crippen molar-refractivity contribution in [3.8, 4) is 0 Å². The van der Waals surface area contributed by atoms with E-state index >= 15 is 0 Å². The zero-order valence-electron chi connectivity index (χ0n) is 25.7. The van der Waals surface area contributed by atoms with Gasteiger partial charge in [0.1, 0.15) is 13.3 Å². The smallest absolute Gasteiger partial charge is 0.419 e. The van der Waals surface area contributed by atoms with Gasteiger partial charge in [-0.25, -0.2) is 14.6 Å². The Kier molecular flexibility index (Phi) is 10.5. The van der Waals surface area contributed by atoms with Crippen LogP contribution >= 0.6 is 0 Å². The standard InChI is InChI=1S/C28H35F6N7O4Si/c1-19(17-44-10-5-23(42)38-6-8-39(9-7-38)26-35-13-20(14-36-26)27(29,30)31)40-16-21(28(32,33)34)24-22(40)15-37-41(25(24)43)18-45-11-12-46(2,3)4/h5,10,13-16,19H,6-9,11-12,17-18H2,1-4H3. The van der Waals surface area contributed by atoms with E-state index < -0.39 is 48.5 Å². The van der Waals surface area contributed by atoms with E-state index in [1.807, 2.05) is 0 Å². The maximum atomic E-state index is 14.0. The normalized spacial score (nSPS) is 15.6. The average Bonchev–Trinajstić information content (AvgIpc) is 3.39. The fourth-order valence-electron chi connectivity index (χ4n) is 4.65. The molecule has 3 aromatic heterocycles. The van der Waals surface area contributed by atoms with Crippen molar-refractivity contribution in [2.75, 3.05) is 44.3 Å². The van der Waals surface area contributed by atoms with E-state index in [0.29, 0.717) is 32.1 Å². The monoisotopic (exact) mass is 675 g/mol. The van der Waals surface area contributed by atoms with Crippen LogP contribution in [0.3, 0.4) is 0 Å². The molecule has 11 nitrogen and oxygen atoms in total. The first-order valence-electron chi connectivity index (χ1n) is 14.4. The fraction of sp³-hybridized carbons (Fsp3) is 0.536. The number of hydrogen-bond donors (Lipinski definition) is 0. The Labute approximate surface area is 261 Å². The second-order valence-corrected chi connectivity index (χ2v) is 17.7. The number of alkyl halides is 6. The molecule has 1 atom stereocenters. The highest BCUT2D eigenvalue weighted by atomic mass is 28.3. The molecule has 0 N–H and O–H groups in total. The van der Waals surface area contributed by atoms with Crippen molar-refractivity contribution in [2.24, 2.45) is 0 Å². The Morgan fingerprint density at radius 1 is 1.02 bits per heavy atom. The van der Waals surface area contributed by atoms with Crippen molar-refractivity contribution < 1.29 is 40.6 Å². The number of aromatic nitrogens is 5. The lowest BCUT2D eigenvalue weighted by Gasteiger charge is -2.34. The number of amides is 1. The topological polar surface area (TPSA) is 108 Å². The van der Waals surface area contributed by atoms with E-state index in [0.717, 1.165) is 23.2 Å². The second kappa shape index (κ2) is 13.8. The van der Waals surface area contributed by atoms with Crippen molar-refractivity contribution in [3.05, 3.63) is 58.6 Å². The maximum Gasteiger partial charge on any atom is 0.419 e. The zero-order chi connectivity index (χ0) is 33.9. The van der Waals surface area contributed by atoms with Gasteiger partial charge in [0.25, 0.3) is 5.56 Å². The third kappa shape index (κ3) is 8.65. The Hall–Kier alpha value is -3.93. The molecular weight excluding hydrogens is 640 g/mol. The summed E-state index contributed by atoms with van der Waals surface area (Å²) in [4.78, 5) is 36.4. The molecule has 0 aromatic carbocycles. The molecule has 1 aliphatic rings. The van der Waals surface area contributed by atoms with E-state index in [9.17, 15) is 35.9 Å². The van der Waals surface area contributed by atoms with Crippen LogP contribution in [-0.2, 0) is 33.4 Å². The number of hydrogen-bond acceptors (Lipinski definition) is 8. The summed E-state index contributed by atoms with van der Waals surface area (Å²) in [7, 11) is -1.40. The highest BCUT2D eigenvalue weighted by Gasteiger charge is 2.37. The van der Waals surface area contributed by atoms with Gasteiger partial charge in [0.05, 0.1) is 40.5 Å². The van der Waals surface area contributed by atoms with Gasteiger partial charge < -0.3 is 23.8 Å². The summed E-state index contributed by atoms with van der Waals surface area (Å²) in [6.45, 7) is 9.15. The predicted octanol–water partition coefficient (Wildman–Crippen LogP) is 4.78. The zero-order valence-corrected chi connectivity index (χ0v) is 26.7. The molecule has 0 spiro atoms. The molecular formula is C28H35F6N7O4Si. The predicted molar refractivity (Wildman–Crippen MR) is 159 cm³/mol. The number of halogens is 6. The minimum atomic E-state index is -4.80. The second-order valence-electron chi connectivity index (χ2n) is 12.1. The summed E-state index contributed by atoms with van der Waals surface area (Å²) in [5.74, 6) is -0.262. The van der Waals surface area contributed by atoms with E-state index in [4.69, 9.17) is 9.47 Å². The van der Waals surface area contributed by atoms with Gasteiger partial charge in [-0.05, 0) is 13.0 Å². The van der Waals surface area contributed by atoms with E-state index in [2.05, 4.69) is 34.7 Å². The van der Waals surface area contributed by atoms with Crippen LogP contribution in [0.25, 0.3) is 10.9 Å². The SMILES string of the molecule is CC(COC=CC(=O)N1CCN(c2ncc(C(F)(F)F)cn2)CC1)n1cc(C(F)(F)F)c2c(=O)n(COCC[Si](C)(C)C)ncc21. The van der Waals surface area contributed by atoms with Crippen molar-refractivity contribution in [1.29, 1.82) is 0 Å². The summed E-state index contributed by atoms with van der Waals surface area (Å²) in [5.41, 5.74) is -2.98. The molecule has 3 aromatic rings. The van der Waals surface area contributed by atoms with Crippen LogP contribution in [0.15, 0.2) is 41.9 Å². The van der Waals surface area contributed by atoms with Gasteiger partial charge in [0.2, 0.25) is 11.9 Å². The van der Waals surface area contributed by atoms with E-state index in [1.165, 1.54) is 21.7 Å². The van der Waals surface area contributed by atoms with Crippen LogP contribution in [0.5, 0.6) is 0 Å². The summed E-state index contributed by atoms with van der Waals surface area (Å²) in [6.07, 6.45) is -3.56. The summed E-state index contributed by atoms with van der Waals surface area (Å²) in [5, 5.41) is 3.51. The number of carbonyl (C=O) groups excluding carboxylic acids is 1. The minimum Gasteiger partial charge on any atom is -0.499 e. The summed E-state index contributed by atoms with van der Waals surface area (Å²) in [6, 6.07) is 0.152. The van der Waals surface area contributed by atoms with Gasteiger partial charge in [0, 0.05) is 65.5 Å². The van der Waals surface area contributed by atoms with Gasteiger partial charge >= 0.3 is 12.4 Å². The Morgan fingerprint density at radius 3 is 2.26 bits per heavy atom. The largest absolute Gasteiger partial charge is 0.499 e. The number of piperazine rings is 1. The van der Waals surface area contributed by atoms with Crippen molar-refractivity contribution in [2.45, 2.75) is 57.7 Å². The van der Waals surface area contributed by atoms with Crippen molar-refractivity contribution >= 4 is 30.8 Å². The number of carbonyl (C=O) groups is 1. The third-order valence-electron chi connectivity index (χ3n) is 7.31. The first-order chi connectivity index (χ1) is 21.5. The molecule has 252 valence electrons. The molecule has 1 unspecified atom stereocenters. The average molecular weight is 676 g/mol. The molecule has 1 saturated heterocycles. The molecule has 0 saturated carbocycles. The van der Waals surface area contributed by atoms with Gasteiger partial charge in [0.15, 0.2) is 0 Å². The molecule has 46 heavy (non-hydrogen) atoms. The quantitative estimate of drug-likeness (QED) is 0.0941. The Morgan fingerprint density at radius 2 is 1.67 bits per heavy atom. The highest BCUT2D eigenvalue weighted by Crippen LogP contribution is 2.35. The van der Waals surface area contributed by atoms with Crippen molar-refractivity contribution in [1.82, 2.24) is 29.2 Å². The molecule has 0 radical (unpaired) electrons. The lowest BCUT2D eigenvalue weighted by Crippen LogP contribution is -2.48. The number of nitrogens with zero attached hydrogens (tertiary/aromatic N) is 7. The van der Waals surface area contributed by atoms with Crippen LogP contribution < -0.4 is 10.5 Å². The van der Waals surface area contributed by atoms with Gasteiger partial charge in [-0.2, -0.15) is 31.4 Å². The fourth-order valence-corrected chi connectivity index (χ4v) is 5.40. The third-order valence-corrected chi connectivity index (χ3v) is 9.02. The maximum absolute atomic E-state index is 14.0. The molecule has 4 heterocycles. The van der Waals surface area contributed by atoms with Crippen LogP contribution in [-0.4, -0.2) is 82.6 Å². The van der Waals surface area contributed by atoms with Gasteiger partial charge in [-0.3, -0.25) is 9.59 Å². The number of fused-ring (bicyclic) bond motifs is 1. The summed E-state index contributed by atoms with van der Waals surface area (Å²) < 4.78 is 93.2. The Balaban J connectivity index is 1.34. The highest BCUT2D eigenvalue weighted by molar-refractivity contribution is 6.76. The van der Waals surface area contributed by atoms with Crippen LogP contribution in [0, 0.1) is 0 Å². The van der Waals surface area contributed by atoms with Crippen molar-refractivity contribution in [3.63, 3.8) is 0 Å². The molecule has 1 aliphatic heterocycles. The van der Waals surface area contributed by atoms with Crippen LogP contribution in [0.1, 0.15) is 24.1 Å². The van der Waals surface area contributed by atoms with Crippen LogP contribution in [0.4, 0.5) is 32.3 Å². The number of ether oxygens (including phenoxy) is 2. The van der Waals surface area contributed by atoms with Gasteiger partial charge in [-0.15, -0.1) is 0 Å². The lowest BCUT2D eigenvalue weighted by molar-refractivity contribution is -0.138. The van der Waals surface area contributed by atoms with Gasteiger partial charge in [-0.1, -0.05) is 19.6 Å². The minimum absolute atomic E-state index is 0.0123.